The first kappa shape index (κ1) is 21.1. The third-order valence-corrected chi connectivity index (χ3v) is 5.47. The summed E-state index contributed by atoms with van der Waals surface area (Å²) in [4.78, 5) is 28.0. The predicted molar refractivity (Wildman–Crippen MR) is 115 cm³/mol. The predicted octanol–water partition coefficient (Wildman–Crippen LogP) is 3.46. The SMILES string of the molecule is CCCN1CCN(CC(=O)O)C[C@@H](Cc2ccc(-c3cccc(C)c3)cc2)C1=O. The number of amides is 1. The second-order valence-electron chi connectivity index (χ2n) is 7.92. The Morgan fingerprint density at radius 2 is 1.86 bits per heavy atom. The van der Waals surface area contributed by atoms with Crippen LogP contribution in [0.4, 0.5) is 0 Å². The summed E-state index contributed by atoms with van der Waals surface area (Å²) < 4.78 is 0. The zero-order valence-corrected chi connectivity index (χ0v) is 17.3. The topological polar surface area (TPSA) is 60.9 Å². The molecule has 1 N–H and O–H groups in total. The van der Waals surface area contributed by atoms with Crippen molar-refractivity contribution in [2.45, 2.75) is 26.7 Å². The average Bonchev–Trinajstić information content (AvgIpc) is 2.82. The molecule has 0 saturated carbocycles. The van der Waals surface area contributed by atoms with Crippen LogP contribution in [0.5, 0.6) is 0 Å². The molecule has 29 heavy (non-hydrogen) atoms. The number of carboxylic acid groups (broad SMARTS) is 1. The van der Waals surface area contributed by atoms with Gasteiger partial charge in [-0.2, -0.15) is 0 Å². The van der Waals surface area contributed by atoms with Crippen molar-refractivity contribution in [2.75, 3.05) is 32.7 Å². The molecule has 5 heteroatoms. The van der Waals surface area contributed by atoms with Crippen molar-refractivity contribution in [1.82, 2.24) is 9.80 Å². The maximum Gasteiger partial charge on any atom is 0.317 e. The first-order valence-corrected chi connectivity index (χ1v) is 10.3. The van der Waals surface area contributed by atoms with E-state index in [0.29, 0.717) is 26.1 Å². The third-order valence-electron chi connectivity index (χ3n) is 5.47. The molecule has 0 bridgehead atoms. The van der Waals surface area contributed by atoms with Gasteiger partial charge in [0.05, 0.1) is 12.5 Å². The fourth-order valence-electron chi connectivity index (χ4n) is 4.03. The molecule has 1 fully saturated rings. The largest absolute Gasteiger partial charge is 0.480 e. The molecule has 1 aliphatic heterocycles. The van der Waals surface area contributed by atoms with E-state index in [0.717, 1.165) is 24.1 Å². The van der Waals surface area contributed by atoms with Crippen LogP contribution in [0.2, 0.25) is 0 Å². The first-order chi connectivity index (χ1) is 14.0. The highest BCUT2D eigenvalue weighted by atomic mass is 16.4. The van der Waals surface area contributed by atoms with Gasteiger partial charge in [0.2, 0.25) is 5.91 Å². The lowest BCUT2D eigenvalue weighted by molar-refractivity contribution is -0.139. The zero-order valence-electron chi connectivity index (χ0n) is 17.3. The number of hydrogen-bond acceptors (Lipinski definition) is 3. The first-order valence-electron chi connectivity index (χ1n) is 10.3. The molecule has 1 atom stereocenters. The van der Waals surface area contributed by atoms with Crippen LogP contribution in [-0.2, 0) is 16.0 Å². The van der Waals surface area contributed by atoms with Crippen LogP contribution >= 0.6 is 0 Å². The summed E-state index contributed by atoms with van der Waals surface area (Å²) >= 11 is 0. The molecule has 1 amide bonds. The van der Waals surface area contributed by atoms with E-state index in [9.17, 15) is 14.7 Å². The molecule has 154 valence electrons. The molecular weight excluding hydrogens is 364 g/mol. The van der Waals surface area contributed by atoms with Crippen molar-refractivity contribution >= 4 is 11.9 Å². The van der Waals surface area contributed by atoms with Crippen molar-refractivity contribution in [3.63, 3.8) is 0 Å². The lowest BCUT2D eigenvalue weighted by atomic mass is 9.95. The van der Waals surface area contributed by atoms with Crippen molar-refractivity contribution in [2.24, 2.45) is 5.92 Å². The summed E-state index contributed by atoms with van der Waals surface area (Å²) in [6.45, 7) is 6.56. The van der Waals surface area contributed by atoms with Gasteiger partial charge in [0.15, 0.2) is 0 Å². The molecule has 1 heterocycles. The lowest BCUT2D eigenvalue weighted by Crippen LogP contribution is -2.38. The molecule has 5 nitrogen and oxygen atoms in total. The molecule has 0 radical (unpaired) electrons. The molecule has 0 aromatic heterocycles. The molecule has 0 spiro atoms. The second kappa shape index (κ2) is 9.70. The summed E-state index contributed by atoms with van der Waals surface area (Å²) in [6, 6.07) is 16.8. The van der Waals surface area contributed by atoms with E-state index in [1.807, 2.05) is 9.80 Å². The highest BCUT2D eigenvalue weighted by molar-refractivity contribution is 5.80. The van der Waals surface area contributed by atoms with Crippen molar-refractivity contribution in [3.05, 3.63) is 59.7 Å². The molecule has 0 unspecified atom stereocenters. The van der Waals surface area contributed by atoms with E-state index in [-0.39, 0.29) is 18.4 Å². The van der Waals surface area contributed by atoms with Gasteiger partial charge in [-0.3, -0.25) is 14.5 Å². The van der Waals surface area contributed by atoms with Crippen LogP contribution in [-0.4, -0.2) is 59.5 Å². The second-order valence-corrected chi connectivity index (χ2v) is 7.92. The quantitative estimate of drug-likeness (QED) is 0.781. The van der Waals surface area contributed by atoms with Gasteiger partial charge in [-0.05, 0) is 36.5 Å². The minimum absolute atomic E-state index is 0.0178. The Labute approximate surface area is 172 Å². The van der Waals surface area contributed by atoms with Crippen molar-refractivity contribution in [3.8, 4) is 11.1 Å². The summed E-state index contributed by atoms with van der Waals surface area (Å²) in [7, 11) is 0. The van der Waals surface area contributed by atoms with Gasteiger partial charge in [-0.15, -0.1) is 0 Å². The molecule has 1 aliphatic rings. The number of aliphatic carboxylic acids is 1. The molecule has 3 rings (SSSR count). The normalized spacial score (nSPS) is 17.9. The number of carbonyl (C=O) groups excluding carboxylic acids is 1. The number of nitrogens with zero attached hydrogens (tertiary/aromatic N) is 2. The Kier molecular flexibility index (Phi) is 7.04. The van der Waals surface area contributed by atoms with E-state index in [4.69, 9.17) is 0 Å². The Bertz CT molecular complexity index is 847. The fraction of sp³-hybridized carbons (Fsp3) is 0.417. The molecular formula is C24H30N2O3. The fourth-order valence-corrected chi connectivity index (χ4v) is 4.03. The highest BCUT2D eigenvalue weighted by Crippen LogP contribution is 2.23. The van der Waals surface area contributed by atoms with Crippen molar-refractivity contribution in [1.29, 1.82) is 0 Å². The van der Waals surface area contributed by atoms with Crippen LogP contribution in [0, 0.1) is 12.8 Å². The van der Waals surface area contributed by atoms with Gasteiger partial charge in [0.1, 0.15) is 0 Å². The minimum Gasteiger partial charge on any atom is -0.480 e. The zero-order chi connectivity index (χ0) is 20.8. The monoisotopic (exact) mass is 394 g/mol. The lowest BCUT2D eigenvalue weighted by Gasteiger charge is -2.23. The van der Waals surface area contributed by atoms with Gasteiger partial charge in [-0.1, -0.05) is 61.0 Å². The van der Waals surface area contributed by atoms with Gasteiger partial charge < -0.3 is 10.0 Å². The average molecular weight is 395 g/mol. The number of benzene rings is 2. The van der Waals surface area contributed by atoms with Gasteiger partial charge >= 0.3 is 5.97 Å². The Morgan fingerprint density at radius 3 is 2.52 bits per heavy atom. The maximum absolute atomic E-state index is 13.0. The van der Waals surface area contributed by atoms with Gasteiger partial charge in [0, 0.05) is 26.2 Å². The number of carbonyl (C=O) groups is 2. The number of rotatable bonds is 7. The van der Waals surface area contributed by atoms with Crippen LogP contribution in [0.3, 0.4) is 0 Å². The van der Waals surface area contributed by atoms with Crippen molar-refractivity contribution < 1.29 is 14.7 Å². The van der Waals surface area contributed by atoms with Crippen LogP contribution < -0.4 is 0 Å². The molecule has 0 aliphatic carbocycles. The Hall–Kier alpha value is -2.66. The third kappa shape index (κ3) is 5.67. The van der Waals surface area contributed by atoms with E-state index in [1.165, 1.54) is 11.1 Å². The van der Waals surface area contributed by atoms with Gasteiger partial charge in [0.25, 0.3) is 0 Å². The Morgan fingerprint density at radius 1 is 1.10 bits per heavy atom. The highest BCUT2D eigenvalue weighted by Gasteiger charge is 2.30. The van der Waals surface area contributed by atoms with E-state index in [2.05, 4.69) is 62.4 Å². The summed E-state index contributed by atoms with van der Waals surface area (Å²) in [5.74, 6) is -0.918. The number of carboxylic acids is 1. The number of aryl methyl sites for hydroxylation is 1. The van der Waals surface area contributed by atoms with Crippen LogP contribution in [0.25, 0.3) is 11.1 Å². The molecule has 2 aromatic rings. The summed E-state index contributed by atoms with van der Waals surface area (Å²) in [6.07, 6.45) is 1.53. The van der Waals surface area contributed by atoms with Gasteiger partial charge in [-0.25, -0.2) is 0 Å². The van der Waals surface area contributed by atoms with Crippen LogP contribution in [0.1, 0.15) is 24.5 Å². The standard InChI is InChI=1S/C24H30N2O3/c1-3-11-26-13-12-25(17-23(27)28)16-22(24(26)29)15-19-7-9-20(10-8-19)21-6-4-5-18(2)14-21/h4-10,14,22H,3,11-13,15-17H2,1-2H3,(H,27,28)/t22-/m1/s1. The smallest absolute Gasteiger partial charge is 0.317 e. The molecule has 1 saturated heterocycles. The minimum atomic E-state index is -0.845. The summed E-state index contributed by atoms with van der Waals surface area (Å²) in [5.41, 5.74) is 4.67. The van der Waals surface area contributed by atoms with E-state index >= 15 is 0 Å². The van der Waals surface area contributed by atoms with E-state index < -0.39 is 5.97 Å². The maximum atomic E-state index is 13.0. The van der Waals surface area contributed by atoms with E-state index in [1.54, 1.807) is 0 Å². The molecule has 2 aromatic carbocycles. The number of hydrogen-bond donors (Lipinski definition) is 1. The summed E-state index contributed by atoms with van der Waals surface area (Å²) in [5, 5.41) is 9.19. The van der Waals surface area contributed by atoms with Crippen LogP contribution in [0.15, 0.2) is 48.5 Å². The Balaban J connectivity index is 1.76.